The minimum absolute atomic E-state index is 0.473. The number of nitrogens with zero attached hydrogens (tertiary/aromatic N) is 7. The van der Waals surface area contributed by atoms with Crippen molar-refractivity contribution in [2.45, 2.75) is 0 Å². The SMILES string of the molecule is N#Cc1cccc(-c2ccc3c(c2)c2ccccc2n3-c2c(-c3cccc(C#N)c3)cc(-c3nc(-c4ccccc4)nc(-c4ccccc4)n3)cc2-c2cccc(C#N)c2)c1. The maximum absolute atomic E-state index is 10.2. The lowest BCUT2D eigenvalue weighted by molar-refractivity contribution is 1.07. The lowest BCUT2D eigenvalue weighted by Crippen LogP contribution is -2.04. The average molecular weight is 778 g/mol. The Hall–Kier alpha value is -8.96. The molecular formula is C54H31N7. The first-order valence-electron chi connectivity index (χ1n) is 19.7. The molecule has 0 aliphatic rings. The summed E-state index contributed by atoms with van der Waals surface area (Å²) < 4.78 is 2.28. The summed E-state index contributed by atoms with van der Waals surface area (Å²) in [6.45, 7) is 0. The molecule has 2 aromatic heterocycles. The predicted molar refractivity (Wildman–Crippen MR) is 241 cm³/mol. The van der Waals surface area contributed by atoms with E-state index in [2.05, 4.69) is 65.2 Å². The number of fused-ring (bicyclic) bond motifs is 3. The van der Waals surface area contributed by atoms with Gasteiger partial charge in [-0.25, -0.2) is 15.0 Å². The van der Waals surface area contributed by atoms with Crippen LogP contribution in [0.5, 0.6) is 0 Å². The number of aromatic nitrogens is 4. The quantitative estimate of drug-likeness (QED) is 0.159. The molecule has 10 aromatic rings. The zero-order chi connectivity index (χ0) is 41.3. The van der Waals surface area contributed by atoms with Gasteiger partial charge < -0.3 is 4.57 Å². The van der Waals surface area contributed by atoms with Crippen LogP contribution < -0.4 is 0 Å². The summed E-state index contributed by atoms with van der Waals surface area (Å²) in [5.74, 6) is 1.54. The Morgan fingerprint density at radius 1 is 0.328 bits per heavy atom. The molecule has 0 saturated heterocycles. The second kappa shape index (κ2) is 15.4. The number of hydrogen-bond donors (Lipinski definition) is 0. The third-order valence-electron chi connectivity index (χ3n) is 10.9. The van der Waals surface area contributed by atoms with E-state index in [1.807, 2.05) is 133 Å². The molecule has 0 saturated carbocycles. The fourth-order valence-electron chi connectivity index (χ4n) is 8.06. The fourth-order valence-corrected chi connectivity index (χ4v) is 8.06. The molecule has 0 aliphatic heterocycles. The van der Waals surface area contributed by atoms with Gasteiger partial charge in [0.15, 0.2) is 17.5 Å². The van der Waals surface area contributed by atoms with Crippen molar-refractivity contribution in [2.75, 3.05) is 0 Å². The maximum Gasteiger partial charge on any atom is 0.164 e. The summed E-state index contributed by atoms with van der Waals surface area (Å²) in [6, 6.07) is 68.6. The Kier molecular flexibility index (Phi) is 9.20. The van der Waals surface area contributed by atoms with E-state index in [0.717, 1.165) is 77.6 Å². The summed E-state index contributed by atoms with van der Waals surface area (Å²) in [7, 11) is 0. The Labute approximate surface area is 352 Å². The van der Waals surface area contributed by atoms with Gasteiger partial charge >= 0.3 is 0 Å². The van der Waals surface area contributed by atoms with Gasteiger partial charge in [0.2, 0.25) is 0 Å². The predicted octanol–water partition coefficient (Wildman–Crippen LogP) is 12.6. The third-order valence-corrected chi connectivity index (χ3v) is 10.9. The second-order valence-corrected chi connectivity index (χ2v) is 14.6. The van der Waals surface area contributed by atoms with E-state index in [-0.39, 0.29) is 0 Å². The lowest BCUT2D eigenvalue weighted by atomic mass is 9.91. The molecule has 2 heterocycles. The van der Waals surface area contributed by atoms with Crippen LogP contribution in [0, 0.1) is 34.0 Å². The summed E-state index contributed by atoms with van der Waals surface area (Å²) >= 11 is 0. The summed E-state index contributed by atoms with van der Waals surface area (Å²) in [5.41, 5.74) is 12.1. The molecular weight excluding hydrogens is 747 g/mol. The molecule has 0 unspecified atom stereocenters. The fraction of sp³-hybridized carbons (Fsp3) is 0. The van der Waals surface area contributed by atoms with Gasteiger partial charge in [0.25, 0.3) is 0 Å². The van der Waals surface area contributed by atoms with Crippen molar-refractivity contribution >= 4 is 21.8 Å². The Morgan fingerprint density at radius 3 is 1.30 bits per heavy atom. The monoisotopic (exact) mass is 777 g/mol. The number of benzene rings is 8. The van der Waals surface area contributed by atoms with E-state index >= 15 is 0 Å². The van der Waals surface area contributed by atoms with Crippen LogP contribution in [0.15, 0.2) is 188 Å². The Morgan fingerprint density at radius 2 is 0.754 bits per heavy atom. The number of rotatable bonds is 7. The molecule has 0 fully saturated rings. The minimum atomic E-state index is 0.473. The van der Waals surface area contributed by atoms with Crippen LogP contribution in [-0.4, -0.2) is 19.5 Å². The van der Waals surface area contributed by atoms with Gasteiger partial charge in [-0.05, 0) is 89.0 Å². The van der Waals surface area contributed by atoms with Crippen LogP contribution in [0.3, 0.4) is 0 Å². The van der Waals surface area contributed by atoms with Gasteiger partial charge in [0, 0.05) is 38.6 Å². The number of para-hydroxylation sites is 1. The van der Waals surface area contributed by atoms with E-state index in [0.29, 0.717) is 34.2 Å². The van der Waals surface area contributed by atoms with Gasteiger partial charge in [-0.1, -0.05) is 121 Å². The van der Waals surface area contributed by atoms with Crippen molar-refractivity contribution in [3.8, 4) is 91.4 Å². The van der Waals surface area contributed by atoms with Gasteiger partial charge in [-0.2, -0.15) is 15.8 Å². The van der Waals surface area contributed by atoms with E-state index in [1.165, 1.54) is 0 Å². The van der Waals surface area contributed by atoms with E-state index in [9.17, 15) is 15.8 Å². The highest BCUT2D eigenvalue weighted by atomic mass is 15.0. The van der Waals surface area contributed by atoms with Crippen LogP contribution >= 0.6 is 0 Å². The molecule has 0 spiro atoms. The standard InChI is InChI=1S/C54H31N7/c55-32-35-12-9-19-40(26-35)41-24-25-50-48(29-41)45-22-7-8-23-49(45)61(50)51-46(42-20-10-13-36(27-42)33-56)30-44(31-47(51)43-21-11-14-37(28-43)34-57)54-59-52(38-15-3-1-4-16-38)58-53(60-54)39-17-5-2-6-18-39/h1-31H. The Bertz CT molecular complexity index is 3320. The highest BCUT2D eigenvalue weighted by Gasteiger charge is 2.24. The molecule has 7 heteroatoms. The van der Waals surface area contributed by atoms with Crippen molar-refractivity contribution in [3.05, 3.63) is 205 Å². The van der Waals surface area contributed by atoms with Gasteiger partial charge in [-0.3, -0.25) is 0 Å². The summed E-state index contributed by atoms with van der Waals surface area (Å²) in [5, 5.41) is 32.1. The van der Waals surface area contributed by atoms with E-state index < -0.39 is 0 Å². The van der Waals surface area contributed by atoms with Crippen LogP contribution in [0.4, 0.5) is 0 Å². The van der Waals surface area contributed by atoms with Crippen LogP contribution in [0.25, 0.3) is 95.0 Å². The van der Waals surface area contributed by atoms with Crippen molar-refractivity contribution in [1.82, 2.24) is 19.5 Å². The smallest absolute Gasteiger partial charge is 0.164 e. The lowest BCUT2D eigenvalue weighted by Gasteiger charge is -2.21. The van der Waals surface area contributed by atoms with E-state index in [1.54, 1.807) is 12.1 Å². The molecule has 8 aromatic carbocycles. The first kappa shape index (κ1) is 36.4. The molecule has 0 N–H and O–H groups in total. The zero-order valence-corrected chi connectivity index (χ0v) is 32.5. The molecule has 7 nitrogen and oxygen atoms in total. The topological polar surface area (TPSA) is 115 Å². The molecule has 0 amide bonds. The molecule has 0 radical (unpaired) electrons. The second-order valence-electron chi connectivity index (χ2n) is 14.6. The largest absolute Gasteiger partial charge is 0.308 e. The van der Waals surface area contributed by atoms with Crippen molar-refractivity contribution < 1.29 is 0 Å². The maximum atomic E-state index is 10.2. The minimum Gasteiger partial charge on any atom is -0.308 e. The van der Waals surface area contributed by atoms with Gasteiger partial charge in [0.05, 0.1) is 51.6 Å². The normalized spacial score (nSPS) is 10.9. The first-order valence-corrected chi connectivity index (χ1v) is 19.7. The van der Waals surface area contributed by atoms with Gasteiger partial charge in [0.1, 0.15) is 0 Å². The van der Waals surface area contributed by atoms with Crippen LogP contribution in [-0.2, 0) is 0 Å². The zero-order valence-electron chi connectivity index (χ0n) is 32.5. The number of hydrogen-bond acceptors (Lipinski definition) is 6. The summed E-state index contributed by atoms with van der Waals surface area (Å²) in [4.78, 5) is 15.2. The van der Waals surface area contributed by atoms with Crippen LogP contribution in [0.1, 0.15) is 16.7 Å². The van der Waals surface area contributed by atoms with Crippen molar-refractivity contribution in [2.24, 2.45) is 0 Å². The molecule has 10 rings (SSSR count). The molecule has 0 atom stereocenters. The van der Waals surface area contributed by atoms with Crippen LogP contribution in [0.2, 0.25) is 0 Å². The molecule has 282 valence electrons. The molecule has 0 bridgehead atoms. The average Bonchev–Trinajstić information content (AvgIpc) is 3.67. The highest BCUT2D eigenvalue weighted by molar-refractivity contribution is 6.12. The van der Waals surface area contributed by atoms with E-state index in [4.69, 9.17) is 15.0 Å². The van der Waals surface area contributed by atoms with Crippen molar-refractivity contribution in [3.63, 3.8) is 0 Å². The molecule has 61 heavy (non-hydrogen) atoms. The molecule has 0 aliphatic carbocycles. The summed E-state index contributed by atoms with van der Waals surface area (Å²) in [6.07, 6.45) is 0. The highest BCUT2D eigenvalue weighted by Crippen LogP contribution is 2.44. The van der Waals surface area contributed by atoms with Crippen molar-refractivity contribution in [1.29, 1.82) is 15.8 Å². The number of nitriles is 3. The van der Waals surface area contributed by atoms with Gasteiger partial charge in [-0.15, -0.1) is 0 Å². The first-order chi connectivity index (χ1) is 30.1. The third kappa shape index (κ3) is 6.73. The Balaban J connectivity index is 1.32.